The number of imidazole rings is 1. The van der Waals surface area contributed by atoms with Crippen molar-refractivity contribution in [2.75, 3.05) is 6.54 Å². The van der Waals surface area contributed by atoms with Crippen molar-refractivity contribution in [3.63, 3.8) is 0 Å². The minimum absolute atomic E-state index is 0.134. The summed E-state index contributed by atoms with van der Waals surface area (Å²) in [5, 5.41) is 5.68. The van der Waals surface area contributed by atoms with E-state index >= 15 is 0 Å². The van der Waals surface area contributed by atoms with Crippen LogP contribution in [-0.2, 0) is 38.7 Å². The average molecular weight is 631 g/mol. The van der Waals surface area contributed by atoms with E-state index < -0.39 is 18.1 Å². The standard InChI is InChI=1S/C37H50N4O5/c1-3-4-17-34(40-37(44)46-26-30-14-9-6-10-15-30)35(42)38-22-11-16-31(36(43)45-25-29-12-7-5-8-13-29)23-32-24-41(27-39-32)33-20-18-28(2)19-21-33/h5-10,12-15,24,27-28,31,33-34H,3-4,11,16-23,25-26H2,1-2H3,(H,38,42)(H,40,44)/t28-,31?,33-,34?. The zero-order valence-corrected chi connectivity index (χ0v) is 27.4. The highest BCUT2D eigenvalue weighted by molar-refractivity contribution is 5.85. The van der Waals surface area contributed by atoms with E-state index in [0.29, 0.717) is 38.3 Å². The molecule has 0 bridgehead atoms. The summed E-state index contributed by atoms with van der Waals surface area (Å²) in [4.78, 5) is 43.5. The van der Waals surface area contributed by atoms with Crippen molar-refractivity contribution in [3.05, 3.63) is 90.0 Å². The van der Waals surface area contributed by atoms with Crippen LogP contribution in [0, 0.1) is 11.8 Å². The molecule has 0 radical (unpaired) electrons. The zero-order valence-electron chi connectivity index (χ0n) is 27.4. The summed E-state index contributed by atoms with van der Waals surface area (Å²) in [6, 6.07) is 18.8. The molecule has 1 aliphatic rings. The Hall–Kier alpha value is -4.14. The number of aromatic nitrogens is 2. The average Bonchev–Trinajstić information content (AvgIpc) is 3.55. The van der Waals surface area contributed by atoms with Gasteiger partial charge in [0.25, 0.3) is 0 Å². The minimum Gasteiger partial charge on any atom is -0.461 e. The number of esters is 1. The number of nitrogens with one attached hydrogen (secondary N) is 2. The summed E-state index contributed by atoms with van der Waals surface area (Å²) < 4.78 is 13.3. The third kappa shape index (κ3) is 11.7. The number of ether oxygens (including phenoxy) is 2. The monoisotopic (exact) mass is 630 g/mol. The Labute approximate surface area is 273 Å². The maximum absolute atomic E-state index is 13.3. The van der Waals surface area contributed by atoms with Crippen LogP contribution in [0.2, 0.25) is 0 Å². The number of benzene rings is 2. The first-order chi connectivity index (χ1) is 22.4. The first-order valence-corrected chi connectivity index (χ1v) is 16.9. The molecule has 2 unspecified atom stereocenters. The fraction of sp³-hybridized carbons (Fsp3) is 0.514. The lowest BCUT2D eigenvalue weighted by atomic mass is 9.87. The topological polar surface area (TPSA) is 112 Å². The van der Waals surface area contributed by atoms with Crippen LogP contribution in [-0.4, -0.2) is 40.1 Å². The van der Waals surface area contributed by atoms with Crippen molar-refractivity contribution in [2.45, 2.75) is 103 Å². The lowest BCUT2D eigenvalue weighted by Crippen LogP contribution is -2.47. The van der Waals surface area contributed by atoms with Crippen LogP contribution in [0.1, 0.15) is 94.5 Å². The van der Waals surface area contributed by atoms with Gasteiger partial charge in [-0.3, -0.25) is 9.59 Å². The third-order valence-corrected chi connectivity index (χ3v) is 8.77. The van der Waals surface area contributed by atoms with Crippen LogP contribution in [0.4, 0.5) is 4.79 Å². The second-order valence-corrected chi connectivity index (χ2v) is 12.6. The Balaban J connectivity index is 1.29. The smallest absolute Gasteiger partial charge is 0.408 e. The van der Waals surface area contributed by atoms with E-state index in [0.717, 1.165) is 48.4 Å². The van der Waals surface area contributed by atoms with Gasteiger partial charge in [0.15, 0.2) is 0 Å². The van der Waals surface area contributed by atoms with Gasteiger partial charge in [0.2, 0.25) is 5.91 Å². The highest BCUT2D eigenvalue weighted by Crippen LogP contribution is 2.32. The lowest BCUT2D eigenvalue weighted by molar-refractivity contribution is -0.150. The lowest BCUT2D eigenvalue weighted by Gasteiger charge is -2.26. The second kappa shape index (κ2) is 18.7. The Morgan fingerprint density at radius 3 is 2.20 bits per heavy atom. The summed E-state index contributed by atoms with van der Waals surface area (Å²) in [5.74, 6) is -0.138. The van der Waals surface area contributed by atoms with E-state index in [2.05, 4.69) is 33.3 Å². The van der Waals surface area contributed by atoms with Gasteiger partial charge < -0.3 is 24.7 Å². The van der Waals surface area contributed by atoms with Gasteiger partial charge in [0.1, 0.15) is 19.3 Å². The Kier molecular flexibility index (Phi) is 14.1. The summed E-state index contributed by atoms with van der Waals surface area (Å²) >= 11 is 0. The van der Waals surface area contributed by atoms with E-state index in [1.807, 2.05) is 73.9 Å². The number of amides is 2. The predicted molar refractivity (Wildman–Crippen MR) is 178 cm³/mol. The summed E-state index contributed by atoms with van der Waals surface area (Å²) in [6.45, 7) is 5.08. The van der Waals surface area contributed by atoms with Gasteiger partial charge in [-0.15, -0.1) is 0 Å². The quantitative estimate of drug-likeness (QED) is 0.124. The van der Waals surface area contributed by atoms with Crippen LogP contribution >= 0.6 is 0 Å². The van der Waals surface area contributed by atoms with Crippen LogP contribution in [0.5, 0.6) is 0 Å². The number of unbranched alkanes of at least 4 members (excludes halogenated alkanes) is 1. The van der Waals surface area contributed by atoms with E-state index in [9.17, 15) is 14.4 Å². The molecule has 0 saturated heterocycles. The number of carbonyl (C=O) groups excluding carboxylic acids is 3. The van der Waals surface area contributed by atoms with Crippen LogP contribution in [0.25, 0.3) is 0 Å². The van der Waals surface area contributed by atoms with Crippen molar-refractivity contribution in [2.24, 2.45) is 11.8 Å². The third-order valence-electron chi connectivity index (χ3n) is 8.77. The van der Waals surface area contributed by atoms with Gasteiger partial charge in [-0.05, 0) is 62.0 Å². The number of nitrogens with zero attached hydrogens (tertiary/aromatic N) is 2. The molecule has 9 nitrogen and oxygen atoms in total. The molecule has 46 heavy (non-hydrogen) atoms. The summed E-state index contributed by atoms with van der Waals surface area (Å²) in [5.41, 5.74) is 2.69. The molecule has 9 heteroatoms. The fourth-order valence-electron chi connectivity index (χ4n) is 5.89. The molecular formula is C37H50N4O5. The fourth-order valence-corrected chi connectivity index (χ4v) is 5.89. The Bertz CT molecular complexity index is 1340. The molecular weight excluding hydrogens is 580 g/mol. The first-order valence-electron chi connectivity index (χ1n) is 16.9. The highest BCUT2D eigenvalue weighted by atomic mass is 16.5. The van der Waals surface area contributed by atoms with Gasteiger partial charge >= 0.3 is 12.1 Å². The molecule has 3 aromatic rings. The molecule has 1 fully saturated rings. The number of rotatable bonds is 17. The molecule has 248 valence electrons. The summed E-state index contributed by atoms with van der Waals surface area (Å²) in [6.07, 6.45) is 11.9. The molecule has 2 N–H and O–H groups in total. The molecule has 2 aromatic carbocycles. The molecule has 0 spiro atoms. The minimum atomic E-state index is -0.693. The molecule has 1 saturated carbocycles. The van der Waals surface area contributed by atoms with Crippen molar-refractivity contribution < 1.29 is 23.9 Å². The molecule has 4 rings (SSSR count). The van der Waals surface area contributed by atoms with Crippen molar-refractivity contribution in [3.8, 4) is 0 Å². The van der Waals surface area contributed by atoms with Crippen LogP contribution in [0.15, 0.2) is 73.2 Å². The number of carbonyl (C=O) groups is 3. The van der Waals surface area contributed by atoms with E-state index in [4.69, 9.17) is 9.47 Å². The number of alkyl carbamates (subject to hydrolysis) is 1. The number of hydrogen-bond acceptors (Lipinski definition) is 6. The first kappa shape index (κ1) is 34.7. The molecule has 1 aromatic heterocycles. The van der Waals surface area contributed by atoms with Gasteiger partial charge in [-0.25, -0.2) is 9.78 Å². The zero-order chi connectivity index (χ0) is 32.6. The van der Waals surface area contributed by atoms with Gasteiger partial charge in [-0.1, -0.05) is 87.4 Å². The van der Waals surface area contributed by atoms with Crippen molar-refractivity contribution in [1.29, 1.82) is 0 Å². The van der Waals surface area contributed by atoms with E-state index in [1.54, 1.807) is 0 Å². The van der Waals surface area contributed by atoms with Gasteiger partial charge in [0, 0.05) is 25.2 Å². The SMILES string of the molecule is CCCCC(NC(=O)OCc1ccccc1)C(=O)NCCCC(Cc1cn([C@H]2CC[C@H](C)CC2)cn1)C(=O)OCc1ccccc1. The van der Waals surface area contributed by atoms with Crippen molar-refractivity contribution in [1.82, 2.24) is 20.2 Å². The predicted octanol–water partition coefficient (Wildman–Crippen LogP) is 6.92. The normalized spacial score (nSPS) is 17.4. The summed E-state index contributed by atoms with van der Waals surface area (Å²) in [7, 11) is 0. The van der Waals surface area contributed by atoms with Gasteiger partial charge in [0.05, 0.1) is 17.9 Å². The molecule has 1 aliphatic carbocycles. The largest absolute Gasteiger partial charge is 0.461 e. The van der Waals surface area contributed by atoms with E-state index in [1.165, 1.54) is 12.8 Å². The highest BCUT2D eigenvalue weighted by Gasteiger charge is 2.25. The second-order valence-electron chi connectivity index (χ2n) is 12.6. The van der Waals surface area contributed by atoms with E-state index in [-0.39, 0.29) is 25.1 Å². The maximum Gasteiger partial charge on any atom is 0.408 e. The Morgan fingerprint density at radius 2 is 1.54 bits per heavy atom. The molecule has 1 heterocycles. The Morgan fingerprint density at radius 1 is 0.891 bits per heavy atom. The number of hydrogen-bond donors (Lipinski definition) is 2. The molecule has 2 amide bonds. The van der Waals surface area contributed by atoms with Crippen LogP contribution in [0.3, 0.4) is 0 Å². The maximum atomic E-state index is 13.3. The van der Waals surface area contributed by atoms with Crippen molar-refractivity contribution >= 4 is 18.0 Å². The molecule has 2 atom stereocenters. The van der Waals surface area contributed by atoms with Crippen LogP contribution < -0.4 is 10.6 Å². The van der Waals surface area contributed by atoms with Gasteiger partial charge in [-0.2, -0.15) is 0 Å². The molecule has 0 aliphatic heterocycles.